The topological polar surface area (TPSA) is 96.0 Å². The van der Waals surface area contributed by atoms with Crippen LogP contribution in [0.3, 0.4) is 0 Å². The van der Waals surface area contributed by atoms with E-state index in [4.69, 9.17) is 16.3 Å². The summed E-state index contributed by atoms with van der Waals surface area (Å²) in [6.45, 7) is 3.97. The monoisotopic (exact) mass is 493 g/mol. The zero-order valence-corrected chi connectivity index (χ0v) is 20.1. The summed E-state index contributed by atoms with van der Waals surface area (Å²) < 4.78 is 33.8. The molecule has 0 aliphatic carbocycles. The van der Waals surface area contributed by atoms with Gasteiger partial charge in [0.1, 0.15) is 12.1 Å². The Morgan fingerprint density at radius 3 is 2.58 bits per heavy atom. The van der Waals surface area contributed by atoms with E-state index in [9.17, 15) is 18.0 Å². The van der Waals surface area contributed by atoms with Gasteiger partial charge >= 0.3 is 0 Å². The number of rotatable bonds is 7. The lowest BCUT2D eigenvalue weighted by atomic mass is 10.1. The quantitative estimate of drug-likeness (QED) is 0.593. The Kier molecular flexibility index (Phi) is 7.23. The maximum Gasteiger partial charge on any atom is 0.245 e. The molecule has 2 amide bonds. The van der Waals surface area contributed by atoms with Crippen LogP contribution in [-0.2, 0) is 30.8 Å². The molecule has 8 nitrogen and oxygen atoms in total. The maximum absolute atomic E-state index is 13.0. The van der Waals surface area contributed by atoms with Crippen molar-refractivity contribution in [3.63, 3.8) is 0 Å². The van der Waals surface area contributed by atoms with Gasteiger partial charge in [-0.1, -0.05) is 24.3 Å². The van der Waals surface area contributed by atoms with Crippen LogP contribution in [0.2, 0.25) is 0 Å². The van der Waals surface area contributed by atoms with Gasteiger partial charge in [0.2, 0.25) is 21.8 Å². The van der Waals surface area contributed by atoms with Crippen LogP contribution in [0.5, 0.6) is 0 Å². The summed E-state index contributed by atoms with van der Waals surface area (Å²) in [6.07, 6.45) is 1.06. The predicted molar refractivity (Wildman–Crippen MR) is 126 cm³/mol. The summed E-state index contributed by atoms with van der Waals surface area (Å²) in [5, 5.41) is 1.72. The predicted octanol–water partition coefficient (Wildman–Crippen LogP) is 1.75. The molecule has 2 saturated heterocycles. The summed E-state index contributed by atoms with van der Waals surface area (Å²) in [7, 11) is -3.91. The van der Waals surface area contributed by atoms with E-state index >= 15 is 0 Å². The van der Waals surface area contributed by atoms with Gasteiger partial charge in [0.05, 0.1) is 18.1 Å². The van der Waals surface area contributed by atoms with E-state index in [1.165, 1.54) is 11.0 Å². The third-order valence-electron chi connectivity index (χ3n) is 6.25. The van der Waals surface area contributed by atoms with Gasteiger partial charge in [0.25, 0.3) is 0 Å². The second-order valence-corrected chi connectivity index (χ2v) is 10.5. The first-order valence-electron chi connectivity index (χ1n) is 11.1. The highest BCUT2D eigenvalue weighted by molar-refractivity contribution is 7.89. The number of nitrogens with zero attached hydrogens (tertiary/aromatic N) is 2. The van der Waals surface area contributed by atoms with Crippen molar-refractivity contribution in [2.24, 2.45) is 0 Å². The standard InChI is InChI=1S/C23H28ClN3O5S/c1-16(22(28)26-10-12-32-13-11-26)27-9-7-21(23(27)29)25-33(30,31)20-5-4-18-14-17(6-8-24)2-3-19(18)15-20/h2-5,14-16,21,25H,6-13H2,1H3. The molecule has 2 aliphatic heterocycles. The molecule has 0 bridgehead atoms. The summed E-state index contributed by atoms with van der Waals surface area (Å²) in [6, 6.07) is 9.16. The zero-order valence-electron chi connectivity index (χ0n) is 18.5. The zero-order chi connectivity index (χ0) is 23.6. The van der Waals surface area contributed by atoms with Crippen molar-refractivity contribution in [1.29, 1.82) is 0 Å². The van der Waals surface area contributed by atoms with Crippen molar-refractivity contribution in [3.05, 3.63) is 42.0 Å². The number of alkyl halides is 1. The van der Waals surface area contributed by atoms with Crippen LogP contribution in [0.25, 0.3) is 10.8 Å². The number of ether oxygens (including phenoxy) is 1. The summed E-state index contributed by atoms with van der Waals surface area (Å²) in [5.41, 5.74) is 1.09. The highest BCUT2D eigenvalue weighted by atomic mass is 35.5. The third kappa shape index (κ3) is 5.16. The molecule has 2 aromatic carbocycles. The molecule has 33 heavy (non-hydrogen) atoms. The lowest BCUT2D eigenvalue weighted by molar-refractivity contribution is -0.146. The van der Waals surface area contributed by atoms with Crippen LogP contribution in [0.4, 0.5) is 0 Å². The van der Waals surface area contributed by atoms with Crippen molar-refractivity contribution >= 4 is 44.2 Å². The Hall–Kier alpha value is -2.20. The molecule has 10 heteroatoms. The molecule has 2 fully saturated rings. The van der Waals surface area contributed by atoms with Crippen LogP contribution in [-0.4, -0.2) is 80.8 Å². The summed E-state index contributed by atoms with van der Waals surface area (Å²) in [4.78, 5) is 29.0. The number of carbonyl (C=O) groups is 2. The number of amides is 2. The van der Waals surface area contributed by atoms with Crippen LogP contribution < -0.4 is 4.72 Å². The number of morpholine rings is 1. The number of benzene rings is 2. The van der Waals surface area contributed by atoms with Crippen molar-refractivity contribution in [1.82, 2.24) is 14.5 Å². The molecule has 2 unspecified atom stereocenters. The number of hydrogen-bond donors (Lipinski definition) is 1. The van der Waals surface area contributed by atoms with Crippen LogP contribution in [0, 0.1) is 0 Å². The molecule has 178 valence electrons. The molecule has 0 saturated carbocycles. The SMILES string of the molecule is CC(C(=O)N1CCOCC1)N1CCC(NS(=O)(=O)c2ccc3cc(CCCl)ccc3c2)C1=O. The lowest BCUT2D eigenvalue weighted by Gasteiger charge is -2.32. The highest BCUT2D eigenvalue weighted by Gasteiger charge is 2.40. The van der Waals surface area contributed by atoms with E-state index in [1.807, 2.05) is 18.2 Å². The number of fused-ring (bicyclic) bond motifs is 1. The minimum absolute atomic E-state index is 0.101. The number of likely N-dealkylation sites (tertiary alicyclic amines) is 1. The number of carbonyl (C=O) groups excluding carboxylic acids is 2. The first-order chi connectivity index (χ1) is 15.8. The van der Waals surface area contributed by atoms with Crippen LogP contribution in [0.1, 0.15) is 18.9 Å². The van der Waals surface area contributed by atoms with E-state index in [0.29, 0.717) is 45.1 Å². The fraction of sp³-hybridized carbons (Fsp3) is 0.478. The smallest absolute Gasteiger partial charge is 0.245 e. The Morgan fingerprint density at radius 2 is 1.85 bits per heavy atom. The molecule has 4 rings (SSSR count). The molecule has 0 radical (unpaired) electrons. The van der Waals surface area contributed by atoms with E-state index < -0.39 is 22.1 Å². The van der Waals surface area contributed by atoms with Gasteiger partial charge in [-0.05, 0) is 48.2 Å². The normalized spacial score (nSPS) is 20.4. The second kappa shape index (κ2) is 9.97. The Morgan fingerprint density at radius 1 is 1.15 bits per heavy atom. The van der Waals surface area contributed by atoms with E-state index in [0.717, 1.165) is 22.8 Å². The third-order valence-corrected chi connectivity index (χ3v) is 7.91. The van der Waals surface area contributed by atoms with Gasteiger partial charge in [0.15, 0.2) is 0 Å². The molecule has 0 aromatic heterocycles. The van der Waals surface area contributed by atoms with E-state index in [2.05, 4.69) is 4.72 Å². The van der Waals surface area contributed by atoms with Crippen molar-refractivity contribution in [2.45, 2.75) is 36.7 Å². The van der Waals surface area contributed by atoms with Crippen LogP contribution >= 0.6 is 11.6 Å². The molecular formula is C23H28ClN3O5S. The van der Waals surface area contributed by atoms with Gasteiger partial charge in [-0.25, -0.2) is 8.42 Å². The molecule has 0 spiro atoms. The van der Waals surface area contributed by atoms with Gasteiger partial charge in [-0.2, -0.15) is 4.72 Å². The number of nitrogens with one attached hydrogen (secondary N) is 1. The van der Waals surface area contributed by atoms with E-state index in [-0.39, 0.29) is 16.7 Å². The summed E-state index contributed by atoms with van der Waals surface area (Å²) in [5.74, 6) is 0.00255. The van der Waals surface area contributed by atoms with Gasteiger partial charge in [-0.3, -0.25) is 9.59 Å². The second-order valence-electron chi connectivity index (χ2n) is 8.39. The number of aryl methyl sites for hydroxylation is 1. The highest BCUT2D eigenvalue weighted by Crippen LogP contribution is 2.23. The molecule has 2 aliphatic rings. The number of halogens is 1. The van der Waals surface area contributed by atoms with Crippen molar-refractivity contribution < 1.29 is 22.7 Å². The van der Waals surface area contributed by atoms with Crippen molar-refractivity contribution in [3.8, 4) is 0 Å². The number of hydrogen-bond acceptors (Lipinski definition) is 5. The Balaban J connectivity index is 1.45. The maximum atomic E-state index is 13.0. The minimum atomic E-state index is -3.91. The van der Waals surface area contributed by atoms with Gasteiger partial charge < -0.3 is 14.5 Å². The molecule has 2 heterocycles. The Labute approximate surface area is 198 Å². The first-order valence-corrected chi connectivity index (χ1v) is 13.1. The average Bonchev–Trinajstić information content (AvgIpc) is 3.17. The fourth-order valence-corrected chi connectivity index (χ4v) is 5.81. The summed E-state index contributed by atoms with van der Waals surface area (Å²) >= 11 is 5.81. The largest absolute Gasteiger partial charge is 0.378 e. The van der Waals surface area contributed by atoms with Crippen LogP contribution in [0.15, 0.2) is 41.3 Å². The van der Waals surface area contributed by atoms with Gasteiger partial charge in [0, 0.05) is 25.5 Å². The van der Waals surface area contributed by atoms with Crippen molar-refractivity contribution in [2.75, 3.05) is 38.7 Å². The molecule has 2 atom stereocenters. The molecule has 2 aromatic rings. The molecule has 1 N–H and O–H groups in total. The lowest BCUT2D eigenvalue weighted by Crippen LogP contribution is -2.52. The minimum Gasteiger partial charge on any atom is -0.378 e. The Bertz CT molecular complexity index is 1150. The average molecular weight is 494 g/mol. The van der Waals surface area contributed by atoms with Gasteiger partial charge in [-0.15, -0.1) is 11.6 Å². The molecular weight excluding hydrogens is 466 g/mol. The fourth-order valence-electron chi connectivity index (χ4n) is 4.34. The first kappa shape index (κ1) is 23.9. The van der Waals surface area contributed by atoms with E-state index in [1.54, 1.807) is 24.0 Å². The number of sulfonamides is 1.